The van der Waals surface area contributed by atoms with Crippen molar-refractivity contribution in [3.8, 4) is 0 Å². The first-order valence-corrected chi connectivity index (χ1v) is 6.01. The summed E-state index contributed by atoms with van der Waals surface area (Å²) < 4.78 is 1.67. The molecule has 1 aromatic rings. The average Bonchev–Trinajstić information content (AvgIpc) is 2.29. The van der Waals surface area contributed by atoms with Crippen LogP contribution in [0.1, 0.15) is 33.1 Å². The van der Waals surface area contributed by atoms with Gasteiger partial charge in [0, 0.05) is 24.8 Å². The zero-order chi connectivity index (χ0) is 11.8. The second-order valence-electron chi connectivity index (χ2n) is 4.01. The topological polar surface area (TPSA) is 46.9 Å². The number of hydrogen-bond acceptors (Lipinski definition) is 3. The summed E-state index contributed by atoms with van der Waals surface area (Å²) in [4.78, 5) is 15.5. The van der Waals surface area contributed by atoms with E-state index in [4.69, 9.17) is 0 Å². The van der Waals surface area contributed by atoms with Crippen LogP contribution < -0.4 is 10.9 Å². The molecule has 1 aromatic heterocycles. The fraction of sp³-hybridized carbons (Fsp3) is 0.667. The second kappa shape index (κ2) is 7.17. The molecule has 0 radical (unpaired) electrons. The Balaban J connectivity index is 2.60. The van der Waals surface area contributed by atoms with Gasteiger partial charge in [-0.05, 0) is 19.4 Å². The predicted octanol–water partition coefficient (Wildman–Crippen LogP) is 1.41. The molecule has 0 amide bonds. The zero-order valence-electron chi connectivity index (χ0n) is 10.1. The van der Waals surface area contributed by atoms with Gasteiger partial charge in [-0.2, -0.15) is 0 Å². The average molecular weight is 223 g/mol. The number of nitrogens with zero attached hydrogens (tertiary/aromatic N) is 2. The molecule has 1 heterocycles. The van der Waals surface area contributed by atoms with Crippen LogP contribution in [-0.2, 0) is 6.54 Å². The van der Waals surface area contributed by atoms with E-state index in [1.165, 1.54) is 12.3 Å². The lowest BCUT2D eigenvalue weighted by atomic mass is 10.1. The molecule has 0 fully saturated rings. The highest BCUT2D eigenvalue weighted by molar-refractivity contribution is 4.83. The van der Waals surface area contributed by atoms with Gasteiger partial charge in [0.2, 0.25) is 0 Å². The van der Waals surface area contributed by atoms with E-state index >= 15 is 0 Å². The first kappa shape index (κ1) is 12.9. The number of nitrogens with one attached hydrogen (secondary N) is 1. The third kappa shape index (κ3) is 4.14. The van der Waals surface area contributed by atoms with Crippen LogP contribution in [0.25, 0.3) is 0 Å². The molecule has 0 aliphatic carbocycles. The van der Waals surface area contributed by atoms with E-state index in [1.807, 2.05) is 0 Å². The van der Waals surface area contributed by atoms with E-state index in [0.29, 0.717) is 12.6 Å². The highest BCUT2D eigenvalue weighted by Gasteiger charge is 2.07. The molecule has 0 spiro atoms. The Hall–Kier alpha value is -1.16. The molecular weight excluding hydrogens is 202 g/mol. The van der Waals surface area contributed by atoms with Gasteiger partial charge in [0.15, 0.2) is 0 Å². The molecule has 0 aromatic carbocycles. The van der Waals surface area contributed by atoms with Crippen molar-refractivity contribution in [2.75, 3.05) is 6.54 Å². The molecule has 90 valence electrons. The van der Waals surface area contributed by atoms with Gasteiger partial charge in [0.25, 0.3) is 5.56 Å². The minimum Gasteiger partial charge on any atom is -0.312 e. The Kier molecular flexibility index (Phi) is 5.78. The first-order valence-electron chi connectivity index (χ1n) is 6.01. The Morgan fingerprint density at radius 2 is 2.25 bits per heavy atom. The second-order valence-corrected chi connectivity index (χ2v) is 4.01. The van der Waals surface area contributed by atoms with Crippen LogP contribution in [0.5, 0.6) is 0 Å². The van der Waals surface area contributed by atoms with Crippen LogP contribution in [0.4, 0.5) is 0 Å². The molecule has 4 heteroatoms. The Morgan fingerprint density at radius 1 is 1.44 bits per heavy atom. The normalized spacial score (nSPS) is 12.6. The summed E-state index contributed by atoms with van der Waals surface area (Å²) in [6.45, 7) is 6.01. The van der Waals surface area contributed by atoms with Gasteiger partial charge in [0.1, 0.15) is 0 Å². The quantitative estimate of drug-likeness (QED) is 0.760. The van der Waals surface area contributed by atoms with E-state index in [2.05, 4.69) is 24.1 Å². The summed E-state index contributed by atoms with van der Waals surface area (Å²) in [5.41, 5.74) is 0.0226. The van der Waals surface area contributed by atoms with Crippen LogP contribution in [0.2, 0.25) is 0 Å². The van der Waals surface area contributed by atoms with E-state index in [9.17, 15) is 4.79 Å². The number of rotatable bonds is 7. The van der Waals surface area contributed by atoms with E-state index < -0.39 is 0 Å². The van der Waals surface area contributed by atoms with Crippen molar-refractivity contribution in [1.82, 2.24) is 14.9 Å². The maximum Gasteiger partial charge on any atom is 0.253 e. The Labute approximate surface area is 96.7 Å². The van der Waals surface area contributed by atoms with Crippen molar-refractivity contribution in [3.63, 3.8) is 0 Å². The van der Waals surface area contributed by atoms with Crippen molar-refractivity contribution in [2.24, 2.45) is 0 Å². The molecule has 1 N–H and O–H groups in total. The smallest absolute Gasteiger partial charge is 0.253 e. The molecule has 16 heavy (non-hydrogen) atoms. The summed E-state index contributed by atoms with van der Waals surface area (Å²) in [6, 6.07) is 1.87. The standard InChI is InChI=1S/C12H21N3O/c1-3-5-11(14-7-4-2)9-15-10-13-8-6-12(15)16/h6,8,10-11,14H,3-5,7,9H2,1-2H3. The van der Waals surface area contributed by atoms with Crippen LogP contribution in [0.15, 0.2) is 23.4 Å². The molecule has 0 aliphatic heterocycles. The van der Waals surface area contributed by atoms with E-state index in [0.717, 1.165) is 25.8 Å². The molecule has 4 nitrogen and oxygen atoms in total. The van der Waals surface area contributed by atoms with Crippen molar-refractivity contribution in [1.29, 1.82) is 0 Å². The molecule has 1 atom stereocenters. The summed E-state index contributed by atoms with van der Waals surface area (Å²) >= 11 is 0. The van der Waals surface area contributed by atoms with Crippen molar-refractivity contribution >= 4 is 0 Å². The summed E-state index contributed by atoms with van der Waals surface area (Å²) in [6.07, 6.45) is 6.46. The van der Waals surface area contributed by atoms with Crippen LogP contribution in [-0.4, -0.2) is 22.1 Å². The van der Waals surface area contributed by atoms with Crippen LogP contribution in [0.3, 0.4) is 0 Å². The highest BCUT2D eigenvalue weighted by Crippen LogP contribution is 1.99. The van der Waals surface area contributed by atoms with Crippen molar-refractivity contribution in [2.45, 2.75) is 45.7 Å². The zero-order valence-corrected chi connectivity index (χ0v) is 10.1. The molecular formula is C12H21N3O. The van der Waals surface area contributed by atoms with Crippen molar-refractivity contribution < 1.29 is 0 Å². The van der Waals surface area contributed by atoms with Gasteiger partial charge in [-0.3, -0.25) is 9.36 Å². The Morgan fingerprint density at radius 3 is 2.88 bits per heavy atom. The number of hydrogen-bond donors (Lipinski definition) is 1. The minimum absolute atomic E-state index is 0.0226. The van der Waals surface area contributed by atoms with Gasteiger partial charge < -0.3 is 5.32 Å². The predicted molar refractivity (Wildman–Crippen MR) is 65.5 cm³/mol. The fourth-order valence-corrected chi connectivity index (χ4v) is 1.71. The Bertz CT molecular complexity index is 348. The molecule has 0 bridgehead atoms. The van der Waals surface area contributed by atoms with Crippen molar-refractivity contribution in [3.05, 3.63) is 28.9 Å². The molecule has 1 rings (SSSR count). The van der Waals surface area contributed by atoms with Gasteiger partial charge in [-0.15, -0.1) is 0 Å². The first-order chi connectivity index (χ1) is 7.77. The minimum atomic E-state index is 0.0226. The van der Waals surface area contributed by atoms with Crippen LogP contribution in [0, 0.1) is 0 Å². The van der Waals surface area contributed by atoms with Gasteiger partial charge >= 0.3 is 0 Å². The molecule has 0 saturated carbocycles. The molecule has 0 aliphatic rings. The SMILES string of the molecule is CCCNC(CCC)Cn1cnccc1=O. The fourth-order valence-electron chi connectivity index (χ4n) is 1.71. The van der Waals surface area contributed by atoms with Gasteiger partial charge in [0.05, 0.1) is 6.33 Å². The summed E-state index contributed by atoms with van der Waals surface area (Å²) in [7, 11) is 0. The number of aromatic nitrogens is 2. The molecule has 0 saturated heterocycles. The third-order valence-corrected chi connectivity index (χ3v) is 2.53. The van der Waals surface area contributed by atoms with E-state index in [-0.39, 0.29) is 5.56 Å². The third-order valence-electron chi connectivity index (χ3n) is 2.53. The van der Waals surface area contributed by atoms with Crippen LogP contribution >= 0.6 is 0 Å². The molecule has 1 unspecified atom stereocenters. The highest BCUT2D eigenvalue weighted by atomic mass is 16.1. The monoisotopic (exact) mass is 223 g/mol. The summed E-state index contributed by atoms with van der Waals surface area (Å²) in [5, 5.41) is 3.46. The van der Waals surface area contributed by atoms with Gasteiger partial charge in [-0.1, -0.05) is 20.3 Å². The van der Waals surface area contributed by atoms with Gasteiger partial charge in [-0.25, -0.2) is 4.98 Å². The lowest BCUT2D eigenvalue weighted by Gasteiger charge is -2.18. The lowest BCUT2D eigenvalue weighted by Crippen LogP contribution is -2.36. The lowest BCUT2D eigenvalue weighted by molar-refractivity contribution is 0.413. The maximum absolute atomic E-state index is 11.5. The maximum atomic E-state index is 11.5. The largest absolute Gasteiger partial charge is 0.312 e. The summed E-state index contributed by atoms with van der Waals surface area (Å²) in [5.74, 6) is 0. The van der Waals surface area contributed by atoms with E-state index in [1.54, 1.807) is 10.9 Å².